The van der Waals surface area contributed by atoms with Crippen LogP contribution >= 0.6 is 0 Å². The number of hydrogen-bond donors (Lipinski definition) is 1. The summed E-state index contributed by atoms with van der Waals surface area (Å²) in [5, 5.41) is 2.70. The Morgan fingerprint density at radius 1 is 0.784 bits per heavy atom. The number of oxazole rings is 1. The van der Waals surface area contributed by atoms with Gasteiger partial charge in [-0.05, 0) is 47.9 Å². The average Bonchev–Trinajstić information content (AvgIpc) is 3.29. The molecule has 0 aliphatic carbocycles. The van der Waals surface area contributed by atoms with E-state index in [0.717, 1.165) is 42.8 Å². The van der Waals surface area contributed by atoms with Gasteiger partial charge in [0.15, 0.2) is 6.39 Å². The first kappa shape index (κ1) is 26.0. The standard InChI is InChI=1S/C27H20F6N2O2/c1-17-23(37-16-34-17)24(36)35-25(15-18-7-3-2-4-8-18,19-9-5-11-21(13-19)26(28,29)30)20-10-6-12-22(14-20)27(31,32)33/h2-14,16H,15H2,1H3,(H,35,36). The highest BCUT2D eigenvalue weighted by Gasteiger charge is 2.41. The molecule has 0 radical (unpaired) electrons. The summed E-state index contributed by atoms with van der Waals surface area (Å²) in [4.78, 5) is 17.2. The number of alkyl halides is 6. The number of carbonyl (C=O) groups is 1. The number of nitrogens with one attached hydrogen (secondary N) is 1. The fourth-order valence-electron chi connectivity index (χ4n) is 4.15. The van der Waals surface area contributed by atoms with Crippen molar-refractivity contribution in [1.29, 1.82) is 0 Å². The van der Waals surface area contributed by atoms with Gasteiger partial charge in [0, 0.05) is 6.42 Å². The zero-order valence-electron chi connectivity index (χ0n) is 19.3. The van der Waals surface area contributed by atoms with Crippen LogP contribution in [0, 0.1) is 6.92 Å². The Bertz CT molecular complexity index is 1340. The lowest BCUT2D eigenvalue weighted by atomic mass is 9.76. The molecule has 1 aromatic heterocycles. The van der Waals surface area contributed by atoms with Crippen LogP contribution in [0.5, 0.6) is 0 Å². The third kappa shape index (κ3) is 5.52. The summed E-state index contributed by atoms with van der Waals surface area (Å²) in [6.07, 6.45) is -8.59. The number of benzene rings is 3. The van der Waals surface area contributed by atoms with Crippen molar-refractivity contribution in [3.8, 4) is 0 Å². The number of aryl methyl sites for hydroxylation is 1. The number of nitrogens with zero attached hydrogens (tertiary/aromatic N) is 1. The highest BCUT2D eigenvalue weighted by Crippen LogP contribution is 2.40. The van der Waals surface area contributed by atoms with E-state index in [-0.39, 0.29) is 29.0 Å². The van der Waals surface area contributed by atoms with Crippen LogP contribution in [0.2, 0.25) is 0 Å². The summed E-state index contributed by atoms with van der Waals surface area (Å²) in [6.45, 7) is 1.49. The molecule has 192 valence electrons. The normalized spacial score (nSPS) is 12.4. The van der Waals surface area contributed by atoms with Gasteiger partial charge >= 0.3 is 12.4 Å². The molecule has 0 bridgehead atoms. The van der Waals surface area contributed by atoms with Gasteiger partial charge in [0.05, 0.1) is 22.4 Å². The van der Waals surface area contributed by atoms with Crippen molar-refractivity contribution >= 4 is 5.91 Å². The Hall–Kier alpha value is -4.08. The van der Waals surface area contributed by atoms with Crippen LogP contribution < -0.4 is 5.32 Å². The lowest BCUT2D eigenvalue weighted by Crippen LogP contribution is -2.49. The maximum absolute atomic E-state index is 13.7. The molecule has 0 aliphatic rings. The maximum Gasteiger partial charge on any atom is 0.416 e. The predicted octanol–water partition coefficient (Wildman–Crippen LogP) is 6.94. The van der Waals surface area contributed by atoms with Gasteiger partial charge in [0.1, 0.15) is 0 Å². The molecule has 10 heteroatoms. The molecule has 0 fully saturated rings. The second-order valence-corrected chi connectivity index (χ2v) is 8.45. The van der Waals surface area contributed by atoms with Crippen LogP contribution in [0.1, 0.15) is 44.1 Å². The van der Waals surface area contributed by atoms with Gasteiger partial charge in [-0.15, -0.1) is 0 Å². The molecule has 0 aliphatic heterocycles. The van der Waals surface area contributed by atoms with E-state index in [2.05, 4.69) is 10.3 Å². The van der Waals surface area contributed by atoms with Gasteiger partial charge in [-0.2, -0.15) is 26.3 Å². The highest BCUT2D eigenvalue weighted by atomic mass is 19.4. The Morgan fingerprint density at radius 3 is 1.76 bits per heavy atom. The molecular formula is C27H20F6N2O2. The first-order valence-corrected chi connectivity index (χ1v) is 11.0. The van der Waals surface area contributed by atoms with Crippen LogP contribution in [-0.2, 0) is 24.3 Å². The van der Waals surface area contributed by atoms with Crippen molar-refractivity contribution < 1.29 is 35.6 Å². The van der Waals surface area contributed by atoms with Crippen molar-refractivity contribution in [2.75, 3.05) is 0 Å². The van der Waals surface area contributed by atoms with Crippen LogP contribution in [0.25, 0.3) is 0 Å². The lowest BCUT2D eigenvalue weighted by Gasteiger charge is -2.37. The minimum Gasteiger partial charge on any atom is -0.438 e. The van der Waals surface area contributed by atoms with Crippen LogP contribution in [0.4, 0.5) is 26.3 Å². The molecule has 0 saturated heterocycles. The number of carbonyl (C=O) groups excluding carboxylic acids is 1. The largest absolute Gasteiger partial charge is 0.438 e. The van der Waals surface area contributed by atoms with E-state index in [9.17, 15) is 31.1 Å². The van der Waals surface area contributed by atoms with E-state index >= 15 is 0 Å². The number of hydrogen-bond acceptors (Lipinski definition) is 3. The highest BCUT2D eigenvalue weighted by molar-refractivity contribution is 5.93. The predicted molar refractivity (Wildman–Crippen MR) is 123 cm³/mol. The van der Waals surface area contributed by atoms with Crippen LogP contribution in [-0.4, -0.2) is 10.9 Å². The molecule has 0 atom stereocenters. The average molecular weight is 518 g/mol. The Balaban J connectivity index is 2.01. The SMILES string of the molecule is Cc1ncoc1C(=O)NC(Cc1ccccc1)(c1cccc(C(F)(F)F)c1)c1cccc(C(F)(F)F)c1. The zero-order valence-corrected chi connectivity index (χ0v) is 19.3. The molecule has 4 nitrogen and oxygen atoms in total. The maximum atomic E-state index is 13.7. The van der Waals surface area contributed by atoms with E-state index < -0.39 is 34.9 Å². The summed E-state index contributed by atoms with van der Waals surface area (Å²) in [6, 6.07) is 16.8. The third-order valence-electron chi connectivity index (χ3n) is 5.96. The molecule has 1 heterocycles. The van der Waals surface area contributed by atoms with Gasteiger partial charge in [0.2, 0.25) is 5.76 Å². The molecule has 1 N–H and O–H groups in total. The molecule has 3 aromatic carbocycles. The van der Waals surface area contributed by atoms with E-state index in [0.29, 0.717) is 5.56 Å². The zero-order chi connectivity index (χ0) is 26.8. The number of amides is 1. The van der Waals surface area contributed by atoms with Gasteiger partial charge in [-0.3, -0.25) is 4.79 Å². The van der Waals surface area contributed by atoms with E-state index in [1.165, 1.54) is 19.1 Å². The van der Waals surface area contributed by atoms with Crippen molar-refractivity contribution in [3.05, 3.63) is 125 Å². The van der Waals surface area contributed by atoms with Crippen molar-refractivity contribution in [1.82, 2.24) is 10.3 Å². The third-order valence-corrected chi connectivity index (χ3v) is 5.96. The minimum absolute atomic E-state index is 0.0592. The molecular weight excluding hydrogens is 498 g/mol. The Morgan fingerprint density at radius 2 is 1.30 bits per heavy atom. The van der Waals surface area contributed by atoms with Crippen molar-refractivity contribution in [2.24, 2.45) is 0 Å². The molecule has 0 spiro atoms. The molecule has 4 rings (SSSR count). The summed E-state index contributed by atoms with van der Waals surface area (Å²) in [5.74, 6) is -1.06. The van der Waals surface area contributed by atoms with Crippen LogP contribution in [0.15, 0.2) is 89.7 Å². The molecule has 0 saturated carbocycles. The van der Waals surface area contributed by atoms with Gasteiger partial charge in [0.25, 0.3) is 5.91 Å². The summed E-state index contributed by atoms with van der Waals surface area (Å²) < 4.78 is 87.3. The second-order valence-electron chi connectivity index (χ2n) is 8.45. The van der Waals surface area contributed by atoms with E-state index in [1.54, 1.807) is 30.3 Å². The first-order valence-electron chi connectivity index (χ1n) is 11.0. The quantitative estimate of drug-likeness (QED) is 0.282. The van der Waals surface area contributed by atoms with Gasteiger partial charge in [-0.25, -0.2) is 4.98 Å². The summed E-state index contributed by atoms with van der Waals surface area (Å²) in [7, 11) is 0. The van der Waals surface area contributed by atoms with E-state index in [4.69, 9.17) is 4.42 Å². The summed E-state index contributed by atoms with van der Waals surface area (Å²) >= 11 is 0. The Labute approximate surface area is 208 Å². The molecule has 4 aromatic rings. The first-order chi connectivity index (χ1) is 17.4. The smallest absolute Gasteiger partial charge is 0.416 e. The number of aromatic nitrogens is 1. The number of rotatable bonds is 6. The molecule has 1 amide bonds. The minimum atomic E-state index is -4.73. The number of halogens is 6. The lowest BCUT2D eigenvalue weighted by molar-refractivity contribution is -0.138. The van der Waals surface area contributed by atoms with Crippen LogP contribution in [0.3, 0.4) is 0 Å². The van der Waals surface area contributed by atoms with Gasteiger partial charge < -0.3 is 9.73 Å². The molecule has 0 unspecified atom stereocenters. The van der Waals surface area contributed by atoms with Crippen molar-refractivity contribution in [2.45, 2.75) is 31.2 Å². The molecule has 37 heavy (non-hydrogen) atoms. The Kier molecular flexibility index (Phi) is 6.86. The fraction of sp³-hybridized carbons (Fsp3) is 0.185. The van der Waals surface area contributed by atoms with E-state index in [1.807, 2.05) is 0 Å². The second kappa shape index (κ2) is 9.76. The topological polar surface area (TPSA) is 55.1 Å². The van der Waals surface area contributed by atoms with Gasteiger partial charge in [-0.1, -0.05) is 54.6 Å². The van der Waals surface area contributed by atoms with Crippen molar-refractivity contribution in [3.63, 3.8) is 0 Å². The summed E-state index contributed by atoms with van der Waals surface area (Å²) in [5.41, 5.74) is -3.22. The fourth-order valence-corrected chi connectivity index (χ4v) is 4.15. The monoisotopic (exact) mass is 518 g/mol.